The molecule has 0 saturated carbocycles. The molecule has 2 aromatic carbocycles. The molecule has 0 spiro atoms. The first-order valence-electron chi connectivity index (χ1n) is 8.67. The van der Waals surface area contributed by atoms with Crippen LogP contribution in [0.4, 0.5) is 5.69 Å². The highest BCUT2D eigenvalue weighted by molar-refractivity contribution is 5.91. The number of fused-ring (bicyclic) bond motifs is 1. The molecule has 3 rings (SSSR count). The number of nitro benzene ring substituents is 1. The number of carbonyl (C=O) groups is 1. The summed E-state index contributed by atoms with van der Waals surface area (Å²) in [7, 11) is 3.55. The van der Waals surface area contributed by atoms with Gasteiger partial charge in [0.15, 0.2) is 0 Å². The van der Waals surface area contributed by atoms with Gasteiger partial charge in [-0.3, -0.25) is 14.9 Å². The number of benzene rings is 2. The molecule has 0 unspecified atom stereocenters. The zero-order valence-electron chi connectivity index (χ0n) is 15.6. The average molecular weight is 380 g/mol. The Morgan fingerprint density at radius 3 is 2.71 bits per heavy atom. The van der Waals surface area contributed by atoms with Gasteiger partial charge in [-0.15, -0.1) is 0 Å². The molecule has 8 heteroatoms. The van der Waals surface area contributed by atoms with Gasteiger partial charge in [-0.25, -0.2) is 4.98 Å². The number of rotatable bonds is 7. The van der Waals surface area contributed by atoms with Crippen molar-refractivity contribution in [3.8, 4) is 5.75 Å². The Kier molecular flexibility index (Phi) is 5.69. The summed E-state index contributed by atoms with van der Waals surface area (Å²) in [6.45, 7) is 0.442. The number of methoxy groups -OCH3 is 1. The molecule has 0 atom stereocenters. The Morgan fingerprint density at radius 2 is 2.04 bits per heavy atom. The van der Waals surface area contributed by atoms with E-state index in [-0.39, 0.29) is 11.6 Å². The molecule has 0 aliphatic rings. The Bertz CT molecular complexity index is 1040. The molecule has 28 heavy (non-hydrogen) atoms. The van der Waals surface area contributed by atoms with Gasteiger partial charge in [0.1, 0.15) is 11.6 Å². The third-order valence-corrected chi connectivity index (χ3v) is 4.36. The smallest absolute Gasteiger partial charge is 0.269 e. The zero-order chi connectivity index (χ0) is 20.1. The zero-order valence-corrected chi connectivity index (χ0v) is 15.6. The van der Waals surface area contributed by atoms with E-state index in [1.54, 1.807) is 25.3 Å². The molecule has 1 aromatic heterocycles. The summed E-state index contributed by atoms with van der Waals surface area (Å²) >= 11 is 0. The van der Waals surface area contributed by atoms with Gasteiger partial charge < -0.3 is 14.6 Å². The predicted molar refractivity (Wildman–Crippen MR) is 106 cm³/mol. The van der Waals surface area contributed by atoms with Gasteiger partial charge in [0.25, 0.3) is 5.69 Å². The number of amides is 1. The van der Waals surface area contributed by atoms with E-state index in [1.807, 2.05) is 29.8 Å². The fraction of sp³-hybridized carbons (Fsp3) is 0.200. The van der Waals surface area contributed by atoms with Crippen LogP contribution >= 0.6 is 0 Å². The van der Waals surface area contributed by atoms with Crippen molar-refractivity contribution in [3.63, 3.8) is 0 Å². The molecule has 144 valence electrons. The van der Waals surface area contributed by atoms with E-state index in [1.165, 1.54) is 18.2 Å². The molecule has 8 nitrogen and oxygen atoms in total. The number of nitrogens with one attached hydrogen (secondary N) is 1. The number of hydrogen-bond donors (Lipinski definition) is 1. The topological polar surface area (TPSA) is 99.3 Å². The van der Waals surface area contributed by atoms with Crippen molar-refractivity contribution in [1.29, 1.82) is 0 Å². The van der Waals surface area contributed by atoms with E-state index in [2.05, 4.69) is 10.3 Å². The molecule has 1 amide bonds. The second kappa shape index (κ2) is 8.34. The standard InChI is InChI=1S/C20H20N4O4/c1-23-18-9-8-16(28-2)13-17(18)22-19(23)11-12-21-20(25)10-5-14-3-6-15(7-4-14)24(26)27/h3-10,13H,11-12H2,1-2H3,(H,21,25)/b10-5+. The van der Waals surface area contributed by atoms with Gasteiger partial charge in [-0.2, -0.15) is 0 Å². The minimum Gasteiger partial charge on any atom is -0.497 e. The fourth-order valence-corrected chi connectivity index (χ4v) is 2.82. The second-order valence-electron chi connectivity index (χ2n) is 6.16. The number of nitro groups is 1. The van der Waals surface area contributed by atoms with Crippen LogP contribution in [0.2, 0.25) is 0 Å². The highest BCUT2D eigenvalue weighted by Gasteiger charge is 2.09. The van der Waals surface area contributed by atoms with E-state index >= 15 is 0 Å². The monoisotopic (exact) mass is 380 g/mol. The average Bonchev–Trinajstić information content (AvgIpc) is 3.01. The maximum atomic E-state index is 12.0. The molecule has 0 saturated heterocycles. The lowest BCUT2D eigenvalue weighted by Crippen LogP contribution is -2.24. The number of aryl methyl sites for hydroxylation is 1. The first kappa shape index (κ1) is 19.1. The first-order valence-corrected chi connectivity index (χ1v) is 8.67. The first-order chi connectivity index (χ1) is 13.5. The summed E-state index contributed by atoms with van der Waals surface area (Å²) in [5, 5.41) is 13.5. The van der Waals surface area contributed by atoms with Crippen LogP contribution in [-0.2, 0) is 18.3 Å². The van der Waals surface area contributed by atoms with Gasteiger partial charge in [-0.1, -0.05) is 0 Å². The normalized spacial score (nSPS) is 11.1. The van der Waals surface area contributed by atoms with Crippen LogP contribution in [0.25, 0.3) is 17.1 Å². The van der Waals surface area contributed by atoms with Crippen molar-refractivity contribution in [2.75, 3.05) is 13.7 Å². The molecule has 0 aliphatic heterocycles. The number of hydrogen-bond acceptors (Lipinski definition) is 5. The lowest BCUT2D eigenvalue weighted by molar-refractivity contribution is -0.384. The van der Waals surface area contributed by atoms with Crippen LogP contribution in [-0.4, -0.2) is 34.0 Å². The van der Waals surface area contributed by atoms with E-state index in [9.17, 15) is 14.9 Å². The van der Waals surface area contributed by atoms with Crippen LogP contribution in [0.15, 0.2) is 48.5 Å². The number of nitrogens with zero attached hydrogens (tertiary/aromatic N) is 3. The second-order valence-corrected chi connectivity index (χ2v) is 6.16. The van der Waals surface area contributed by atoms with Gasteiger partial charge >= 0.3 is 0 Å². The van der Waals surface area contributed by atoms with Crippen LogP contribution in [0, 0.1) is 10.1 Å². The van der Waals surface area contributed by atoms with Crippen molar-refractivity contribution >= 4 is 28.7 Å². The number of carbonyl (C=O) groups excluding carboxylic acids is 1. The Hall–Kier alpha value is -3.68. The lowest BCUT2D eigenvalue weighted by Gasteiger charge is -2.03. The summed E-state index contributed by atoms with van der Waals surface area (Å²) < 4.78 is 7.21. The van der Waals surface area contributed by atoms with Crippen molar-refractivity contribution in [3.05, 3.63) is 70.0 Å². The van der Waals surface area contributed by atoms with Gasteiger partial charge in [0, 0.05) is 44.3 Å². The maximum absolute atomic E-state index is 12.0. The minimum atomic E-state index is -0.461. The molecular formula is C20H20N4O4. The summed E-state index contributed by atoms with van der Waals surface area (Å²) in [5.41, 5.74) is 2.58. The summed E-state index contributed by atoms with van der Waals surface area (Å²) in [6.07, 6.45) is 3.60. The molecule has 3 aromatic rings. The van der Waals surface area contributed by atoms with Crippen molar-refractivity contribution in [1.82, 2.24) is 14.9 Å². The largest absolute Gasteiger partial charge is 0.497 e. The molecule has 0 aliphatic carbocycles. The van der Waals surface area contributed by atoms with Gasteiger partial charge in [0.2, 0.25) is 5.91 Å². The van der Waals surface area contributed by atoms with Crippen LogP contribution < -0.4 is 10.1 Å². The maximum Gasteiger partial charge on any atom is 0.269 e. The SMILES string of the molecule is COc1ccc2c(c1)nc(CCNC(=O)/C=C/c1ccc([N+](=O)[O-])cc1)n2C. The van der Waals surface area contributed by atoms with E-state index in [0.29, 0.717) is 18.5 Å². The number of imidazole rings is 1. The molecule has 1 N–H and O–H groups in total. The highest BCUT2D eigenvalue weighted by atomic mass is 16.6. The minimum absolute atomic E-state index is 0.0154. The van der Waals surface area contributed by atoms with Crippen molar-refractivity contribution < 1.29 is 14.5 Å². The third kappa shape index (κ3) is 4.35. The van der Waals surface area contributed by atoms with E-state index in [0.717, 1.165) is 22.6 Å². The molecule has 0 bridgehead atoms. The Morgan fingerprint density at radius 1 is 1.29 bits per heavy atom. The van der Waals surface area contributed by atoms with Crippen LogP contribution in [0.1, 0.15) is 11.4 Å². The van der Waals surface area contributed by atoms with Gasteiger partial charge in [0.05, 0.1) is 23.1 Å². The highest BCUT2D eigenvalue weighted by Crippen LogP contribution is 2.21. The lowest BCUT2D eigenvalue weighted by atomic mass is 10.2. The summed E-state index contributed by atoms with van der Waals surface area (Å²) in [5.74, 6) is 1.38. The van der Waals surface area contributed by atoms with Gasteiger partial charge in [-0.05, 0) is 35.9 Å². The number of non-ortho nitro benzene ring substituents is 1. The number of aromatic nitrogens is 2. The van der Waals surface area contributed by atoms with E-state index in [4.69, 9.17) is 4.74 Å². The Balaban J connectivity index is 1.55. The molecular weight excluding hydrogens is 360 g/mol. The van der Waals surface area contributed by atoms with Crippen LogP contribution in [0.5, 0.6) is 5.75 Å². The summed E-state index contributed by atoms with van der Waals surface area (Å²) in [4.78, 5) is 26.7. The van der Waals surface area contributed by atoms with Crippen molar-refractivity contribution in [2.24, 2.45) is 7.05 Å². The molecule has 1 heterocycles. The molecule has 0 fully saturated rings. The number of ether oxygens (including phenoxy) is 1. The van der Waals surface area contributed by atoms with Crippen LogP contribution in [0.3, 0.4) is 0 Å². The quantitative estimate of drug-likeness (QED) is 0.386. The summed E-state index contributed by atoms with van der Waals surface area (Å²) in [6, 6.07) is 11.7. The Labute approximate surface area is 161 Å². The predicted octanol–water partition coefficient (Wildman–Crippen LogP) is 2.86. The third-order valence-electron chi connectivity index (χ3n) is 4.36. The van der Waals surface area contributed by atoms with E-state index < -0.39 is 4.92 Å². The fourth-order valence-electron chi connectivity index (χ4n) is 2.82. The molecule has 0 radical (unpaired) electrons. The van der Waals surface area contributed by atoms with Crippen molar-refractivity contribution in [2.45, 2.75) is 6.42 Å².